The van der Waals surface area contributed by atoms with Gasteiger partial charge in [-0.15, -0.1) is 0 Å². The minimum atomic E-state index is 0.0568. The standard InChI is InChI=1S/C14H22N4O/c1-17(7-8-18-6-2-5-16-18)14(19)12-10-3-4-11(9-10)13(12)15/h2,5-6,10-13H,3-4,7-9,15H2,1H3. The molecule has 4 unspecified atom stereocenters. The van der Waals surface area contributed by atoms with Gasteiger partial charge in [0.15, 0.2) is 0 Å². The van der Waals surface area contributed by atoms with Gasteiger partial charge in [-0.1, -0.05) is 0 Å². The van der Waals surface area contributed by atoms with Crippen LogP contribution in [0.5, 0.6) is 0 Å². The van der Waals surface area contributed by atoms with Crippen molar-refractivity contribution in [3.05, 3.63) is 18.5 Å². The molecule has 19 heavy (non-hydrogen) atoms. The molecule has 1 heterocycles. The number of fused-ring (bicyclic) bond motifs is 2. The Labute approximate surface area is 113 Å². The average Bonchev–Trinajstić information content (AvgIpc) is 3.11. The van der Waals surface area contributed by atoms with Crippen LogP contribution in [-0.4, -0.2) is 40.2 Å². The Bertz CT molecular complexity index is 442. The summed E-state index contributed by atoms with van der Waals surface area (Å²) in [5.41, 5.74) is 6.23. The quantitative estimate of drug-likeness (QED) is 0.869. The van der Waals surface area contributed by atoms with Crippen LogP contribution in [0.1, 0.15) is 19.3 Å². The van der Waals surface area contributed by atoms with Crippen LogP contribution in [0.2, 0.25) is 0 Å². The number of nitrogens with two attached hydrogens (primary N) is 1. The molecular formula is C14H22N4O. The monoisotopic (exact) mass is 262 g/mol. The van der Waals surface area contributed by atoms with Gasteiger partial charge in [-0.2, -0.15) is 5.10 Å². The van der Waals surface area contributed by atoms with Crippen molar-refractivity contribution in [3.63, 3.8) is 0 Å². The van der Waals surface area contributed by atoms with Crippen LogP contribution >= 0.6 is 0 Å². The van der Waals surface area contributed by atoms with E-state index in [1.165, 1.54) is 12.8 Å². The molecule has 0 aromatic carbocycles. The van der Waals surface area contributed by atoms with Crippen LogP contribution in [0.3, 0.4) is 0 Å². The molecule has 0 spiro atoms. The number of carbonyl (C=O) groups is 1. The second-order valence-corrected chi connectivity index (χ2v) is 5.97. The van der Waals surface area contributed by atoms with Crippen LogP contribution < -0.4 is 5.73 Å². The fourth-order valence-corrected chi connectivity index (χ4v) is 3.75. The zero-order valence-corrected chi connectivity index (χ0v) is 11.4. The Morgan fingerprint density at radius 2 is 2.26 bits per heavy atom. The van der Waals surface area contributed by atoms with Gasteiger partial charge in [0.1, 0.15) is 0 Å². The first-order chi connectivity index (χ1) is 9.16. The molecule has 2 bridgehead atoms. The maximum atomic E-state index is 12.5. The van der Waals surface area contributed by atoms with E-state index >= 15 is 0 Å². The molecule has 2 fully saturated rings. The summed E-state index contributed by atoms with van der Waals surface area (Å²) in [6.07, 6.45) is 7.23. The van der Waals surface area contributed by atoms with Crippen molar-refractivity contribution in [1.29, 1.82) is 0 Å². The molecule has 5 nitrogen and oxygen atoms in total. The fraction of sp³-hybridized carbons (Fsp3) is 0.714. The third-order valence-corrected chi connectivity index (χ3v) is 4.87. The topological polar surface area (TPSA) is 64.2 Å². The van der Waals surface area contributed by atoms with Gasteiger partial charge < -0.3 is 10.6 Å². The highest BCUT2D eigenvalue weighted by molar-refractivity contribution is 5.80. The molecular weight excluding hydrogens is 240 g/mol. The van der Waals surface area contributed by atoms with E-state index in [4.69, 9.17) is 5.73 Å². The minimum absolute atomic E-state index is 0.0568. The van der Waals surface area contributed by atoms with Gasteiger partial charge in [0.05, 0.1) is 12.5 Å². The van der Waals surface area contributed by atoms with Crippen LogP contribution in [0.4, 0.5) is 0 Å². The van der Waals surface area contributed by atoms with Crippen molar-refractivity contribution in [2.45, 2.75) is 31.8 Å². The number of likely N-dealkylation sites (N-methyl/N-ethyl adjacent to an activating group) is 1. The van der Waals surface area contributed by atoms with Crippen molar-refractivity contribution in [3.8, 4) is 0 Å². The number of nitrogens with zero attached hydrogens (tertiary/aromatic N) is 3. The summed E-state index contributed by atoms with van der Waals surface area (Å²) in [6, 6.07) is 1.98. The Morgan fingerprint density at radius 3 is 2.89 bits per heavy atom. The summed E-state index contributed by atoms with van der Waals surface area (Å²) < 4.78 is 1.85. The second kappa shape index (κ2) is 4.96. The molecule has 1 aromatic heterocycles. The van der Waals surface area contributed by atoms with E-state index in [0.29, 0.717) is 18.4 Å². The van der Waals surface area contributed by atoms with E-state index in [9.17, 15) is 4.79 Å². The molecule has 0 aliphatic heterocycles. The molecule has 1 amide bonds. The van der Waals surface area contributed by atoms with Gasteiger partial charge in [0.2, 0.25) is 5.91 Å². The minimum Gasteiger partial charge on any atom is -0.344 e. The van der Waals surface area contributed by atoms with Crippen molar-refractivity contribution < 1.29 is 4.79 Å². The second-order valence-electron chi connectivity index (χ2n) is 5.97. The van der Waals surface area contributed by atoms with Gasteiger partial charge in [-0.3, -0.25) is 9.48 Å². The normalized spacial score (nSPS) is 32.7. The van der Waals surface area contributed by atoms with Crippen LogP contribution in [0.15, 0.2) is 18.5 Å². The predicted molar refractivity (Wildman–Crippen MR) is 72.2 cm³/mol. The first-order valence-electron chi connectivity index (χ1n) is 7.15. The lowest BCUT2D eigenvalue weighted by molar-refractivity contribution is -0.136. The number of hydrogen-bond acceptors (Lipinski definition) is 3. The first kappa shape index (κ1) is 12.7. The molecule has 2 N–H and O–H groups in total. The summed E-state index contributed by atoms with van der Waals surface area (Å²) in [5.74, 6) is 1.39. The zero-order valence-electron chi connectivity index (χ0n) is 11.4. The van der Waals surface area contributed by atoms with Crippen LogP contribution in [0.25, 0.3) is 0 Å². The summed E-state index contributed by atoms with van der Waals surface area (Å²) in [7, 11) is 1.88. The lowest BCUT2D eigenvalue weighted by atomic mass is 9.84. The molecule has 1 aromatic rings. The van der Waals surface area contributed by atoms with E-state index in [1.54, 1.807) is 6.20 Å². The van der Waals surface area contributed by atoms with Crippen LogP contribution in [-0.2, 0) is 11.3 Å². The molecule has 3 rings (SSSR count). The number of amides is 1. The lowest BCUT2D eigenvalue weighted by Gasteiger charge is -2.30. The fourth-order valence-electron chi connectivity index (χ4n) is 3.75. The predicted octanol–water partition coefficient (Wildman–Crippen LogP) is 0.715. The number of hydrogen-bond donors (Lipinski definition) is 1. The SMILES string of the molecule is CN(CCn1cccn1)C(=O)C1C2CCC(C2)C1N. The van der Waals surface area contributed by atoms with Crippen LogP contribution in [0, 0.1) is 17.8 Å². The number of carbonyl (C=O) groups excluding carboxylic acids is 1. The summed E-state index contributed by atoms with van der Waals surface area (Å²) in [4.78, 5) is 14.3. The Balaban J connectivity index is 1.57. The van der Waals surface area contributed by atoms with E-state index in [2.05, 4.69) is 5.10 Å². The number of rotatable bonds is 4. The average molecular weight is 262 g/mol. The summed E-state index contributed by atoms with van der Waals surface area (Å²) >= 11 is 0. The van der Waals surface area contributed by atoms with Crippen molar-refractivity contribution in [1.82, 2.24) is 14.7 Å². The zero-order chi connectivity index (χ0) is 13.4. The Kier molecular flexibility index (Phi) is 3.31. The van der Waals surface area contributed by atoms with Gasteiger partial charge in [0, 0.05) is 32.0 Å². The van der Waals surface area contributed by atoms with Crippen molar-refractivity contribution in [2.24, 2.45) is 23.5 Å². The van der Waals surface area contributed by atoms with E-state index < -0.39 is 0 Å². The molecule has 2 aliphatic carbocycles. The third kappa shape index (κ3) is 2.27. The van der Waals surface area contributed by atoms with E-state index in [1.807, 2.05) is 28.9 Å². The first-order valence-corrected chi connectivity index (χ1v) is 7.15. The van der Waals surface area contributed by atoms with E-state index in [0.717, 1.165) is 13.0 Å². The molecule has 5 heteroatoms. The molecule has 4 atom stereocenters. The smallest absolute Gasteiger partial charge is 0.227 e. The molecule has 2 aliphatic rings. The van der Waals surface area contributed by atoms with E-state index in [-0.39, 0.29) is 17.9 Å². The van der Waals surface area contributed by atoms with Gasteiger partial charge in [-0.25, -0.2) is 0 Å². The third-order valence-electron chi connectivity index (χ3n) is 4.87. The Hall–Kier alpha value is -1.36. The molecule has 0 saturated heterocycles. The molecule has 104 valence electrons. The molecule has 2 saturated carbocycles. The van der Waals surface area contributed by atoms with Gasteiger partial charge in [0.25, 0.3) is 0 Å². The molecule has 0 radical (unpaired) electrons. The highest BCUT2D eigenvalue weighted by atomic mass is 16.2. The number of aromatic nitrogens is 2. The Morgan fingerprint density at radius 1 is 1.47 bits per heavy atom. The summed E-state index contributed by atoms with van der Waals surface area (Å²) in [5, 5.41) is 4.15. The van der Waals surface area contributed by atoms with Crippen molar-refractivity contribution >= 4 is 5.91 Å². The highest BCUT2D eigenvalue weighted by Crippen LogP contribution is 2.48. The maximum Gasteiger partial charge on any atom is 0.227 e. The van der Waals surface area contributed by atoms with Gasteiger partial charge >= 0.3 is 0 Å². The maximum absolute atomic E-state index is 12.5. The lowest BCUT2D eigenvalue weighted by Crippen LogP contribution is -2.46. The van der Waals surface area contributed by atoms with Gasteiger partial charge in [-0.05, 0) is 37.2 Å². The summed E-state index contributed by atoms with van der Waals surface area (Å²) in [6.45, 7) is 1.44. The highest BCUT2D eigenvalue weighted by Gasteiger charge is 2.49. The largest absolute Gasteiger partial charge is 0.344 e. The van der Waals surface area contributed by atoms with Crippen molar-refractivity contribution in [2.75, 3.05) is 13.6 Å².